The van der Waals surface area contributed by atoms with Crippen molar-refractivity contribution < 1.29 is 13.2 Å². The second-order valence-electron chi connectivity index (χ2n) is 0.981. The lowest BCUT2D eigenvalue weighted by molar-refractivity contribution is 0.565. The molecule has 0 aromatic rings. The van der Waals surface area contributed by atoms with Gasteiger partial charge in [-0.25, -0.2) is 13.2 Å². The number of isocyanates is 1. The van der Waals surface area contributed by atoms with Crippen molar-refractivity contribution in [2.75, 3.05) is 0 Å². The highest BCUT2D eigenvalue weighted by Crippen LogP contribution is 1.96. The Morgan fingerprint density at radius 3 is 2.44 bits per heavy atom. The van der Waals surface area contributed by atoms with Crippen LogP contribution in [0, 0.1) is 0 Å². The molecular formula is C3H2ClNO3S. The Balaban J connectivity index is 4.20. The van der Waals surface area contributed by atoms with E-state index in [0.717, 1.165) is 12.3 Å². The Labute approximate surface area is 56.3 Å². The smallest absolute Gasteiger partial charge is 0.211 e. The number of carbonyl (C=O) groups excluding carboxylic acids is 1. The van der Waals surface area contributed by atoms with Crippen LogP contribution in [-0.4, -0.2) is 14.5 Å². The van der Waals surface area contributed by atoms with Crippen LogP contribution in [0.1, 0.15) is 0 Å². The molecule has 0 heterocycles. The second kappa shape index (κ2) is 3.40. The molecule has 9 heavy (non-hydrogen) atoms. The number of hydrogen-bond donors (Lipinski definition) is 0. The van der Waals surface area contributed by atoms with Gasteiger partial charge in [-0.1, -0.05) is 0 Å². The van der Waals surface area contributed by atoms with E-state index < -0.39 is 9.05 Å². The molecule has 0 saturated heterocycles. The van der Waals surface area contributed by atoms with Crippen molar-refractivity contribution in [1.29, 1.82) is 0 Å². The zero-order valence-corrected chi connectivity index (χ0v) is 5.69. The molecule has 0 amide bonds. The van der Waals surface area contributed by atoms with Gasteiger partial charge in [0.2, 0.25) is 6.08 Å². The molecule has 4 nitrogen and oxygen atoms in total. The van der Waals surface area contributed by atoms with Gasteiger partial charge in [0.05, 0.1) is 11.6 Å². The molecule has 0 aromatic heterocycles. The summed E-state index contributed by atoms with van der Waals surface area (Å²) in [5, 5.41) is 0.583. The Morgan fingerprint density at radius 2 is 2.11 bits per heavy atom. The molecule has 0 aromatic carbocycles. The molecule has 0 N–H and O–H groups in total. The molecule has 50 valence electrons. The zero-order chi connectivity index (χ0) is 7.33. The van der Waals surface area contributed by atoms with Gasteiger partial charge in [-0.05, 0) is 0 Å². The monoisotopic (exact) mass is 167 g/mol. The molecule has 0 saturated carbocycles. The highest BCUT2D eigenvalue weighted by atomic mass is 35.7. The van der Waals surface area contributed by atoms with Gasteiger partial charge in [-0.3, -0.25) is 0 Å². The summed E-state index contributed by atoms with van der Waals surface area (Å²) in [6.45, 7) is 0. The van der Waals surface area contributed by atoms with Gasteiger partial charge in [-0.15, -0.1) is 0 Å². The minimum absolute atomic E-state index is 0.583. The largest absolute Gasteiger partial charge is 0.256 e. The first-order chi connectivity index (χ1) is 4.06. The first kappa shape index (κ1) is 8.36. The molecule has 6 heteroatoms. The molecular weight excluding hydrogens is 166 g/mol. The fourth-order valence-electron chi connectivity index (χ4n) is 0.134. The van der Waals surface area contributed by atoms with Crippen molar-refractivity contribution in [2.45, 2.75) is 0 Å². The molecule has 0 rings (SSSR count). The van der Waals surface area contributed by atoms with Crippen molar-refractivity contribution in [3.63, 3.8) is 0 Å². The van der Waals surface area contributed by atoms with Crippen molar-refractivity contribution in [3.8, 4) is 0 Å². The van der Waals surface area contributed by atoms with Crippen LogP contribution in [0.5, 0.6) is 0 Å². The maximum Gasteiger partial charge on any atom is 0.256 e. The average molecular weight is 168 g/mol. The summed E-state index contributed by atoms with van der Waals surface area (Å²) < 4.78 is 20.0. The minimum atomic E-state index is -3.68. The summed E-state index contributed by atoms with van der Waals surface area (Å²) in [5.41, 5.74) is 0. The fraction of sp³-hybridized carbons (Fsp3) is 0. The molecule has 0 radical (unpaired) electrons. The van der Waals surface area contributed by atoms with Crippen LogP contribution in [0.25, 0.3) is 0 Å². The van der Waals surface area contributed by atoms with E-state index in [0.29, 0.717) is 5.41 Å². The quantitative estimate of drug-likeness (QED) is 0.339. The maximum atomic E-state index is 9.99. The Kier molecular flexibility index (Phi) is 3.16. The van der Waals surface area contributed by atoms with E-state index in [1.807, 2.05) is 0 Å². The van der Waals surface area contributed by atoms with Crippen molar-refractivity contribution in [2.24, 2.45) is 4.99 Å². The number of aliphatic imine (C=N–C) groups is 1. The lowest BCUT2D eigenvalue weighted by Crippen LogP contribution is -1.76. The number of hydrogen-bond acceptors (Lipinski definition) is 4. The maximum absolute atomic E-state index is 9.99. The van der Waals surface area contributed by atoms with Gasteiger partial charge in [-0.2, -0.15) is 4.99 Å². The molecule has 0 aliphatic carbocycles. The van der Waals surface area contributed by atoms with Crippen molar-refractivity contribution in [1.82, 2.24) is 0 Å². The summed E-state index contributed by atoms with van der Waals surface area (Å²) in [7, 11) is 0.987. The van der Waals surface area contributed by atoms with E-state index in [1.165, 1.54) is 0 Å². The third-order valence-corrected chi connectivity index (χ3v) is 1.11. The molecule has 0 bridgehead atoms. The van der Waals surface area contributed by atoms with Gasteiger partial charge in [0.25, 0.3) is 9.05 Å². The minimum Gasteiger partial charge on any atom is -0.211 e. The fourth-order valence-corrected chi connectivity index (χ4v) is 0.478. The summed E-state index contributed by atoms with van der Waals surface area (Å²) in [6.07, 6.45) is 1.85. The van der Waals surface area contributed by atoms with Gasteiger partial charge in [0.1, 0.15) is 0 Å². The standard InChI is InChI=1S/C3H2ClNO3S/c4-9(7,8)2-1-5-3-6/h1-2H. The molecule has 0 unspecified atom stereocenters. The lowest BCUT2D eigenvalue weighted by atomic mass is 11.0. The van der Waals surface area contributed by atoms with Gasteiger partial charge >= 0.3 is 0 Å². The molecule has 0 fully saturated rings. The third-order valence-electron chi connectivity index (χ3n) is 0.351. The first-order valence-electron chi connectivity index (χ1n) is 1.74. The summed E-state index contributed by atoms with van der Waals surface area (Å²) in [6, 6.07) is 0. The van der Waals surface area contributed by atoms with Crippen LogP contribution < -0.4 is 0 Å². The van der Waals surface area contributed by atoms with Gasteiger partial charge in [0, 0.05) is 10.7 Å². The Bertz CT molecular complexity index is 248. The van der Waals surface area contributed by atoms with Crippen molar-refractivity contribution in [3.05, 3.63) is 11.6 Å². The molecule has 0 atom stereocenters. The van der Waals surface area contributed by atoms with E-state index in [-0.39, 0.29) is 0 Å². The van der Waals surface area contributed by atoms with E-state index in [2.05, 4.69) is 15.7 Å². The van der Waals surface area contributed by atoms with Crippen LogP contribution >= 0.6 is 10.7 Å². The van der Waals surface area contributed by atoms with Crippen LogP contribution in [0.3, 0.4) is 0 Å². The Morgan fingerprint density at radius 1 is 1.56 bits per heavy atom. The van der Waals surface area contributed by atoms with E-state index in [9.17, 15) is 13.2 Å². The van der Waals surface area contributed by atoms with Gasteiger partial charge < -0.3 is 0 Å². The number of nitrogens with zero attached hydrogens (tertiary/aromatic N) is 1. The normalized spacial score (nSPS) is 11.2. The number of rotatable bonds is 2. The second-order valence-corrected chi connectivity index (χ2v) is 3.49. The molecule has 0 aliphatic heterocycles. The van der Waals surface area contributed by atoms with Crippen LogP contribution in [-0.2, 0) is 13.8 Å². The topological polar surface area (TPSA) is 63.6 Å². The zero-order valence-electron chi connectivity index (χ0n) is 4.11. The van der Waals surface area contributed by atoms with Crippen LogP contribution in [0.15, 0.2) is 16.6 Å². The first-order valence-corrected chi connectivity index (χ1v) is 4.12. The molecule has 0 spiro atoms. The average Bonchev–Trinajstić information content (AvgIpc) is 1.63. The SMILES string of the molecule is O=C=NC=CS(=O)(=O)Cl. The number of halogens is 1. The third kappa shape index (κ3) is 7.36. The predicted octanol–water partition coefficient (Wildman–Crippen LogP) is 0.362. The summed E-state index contributed by atoms with van der Waals surface area (Å²) >= 11 is 0. The Hall–Kier alpha value is -0.640. The van der Waals surface area contributed by atoms with E-state index >= 15 is 0 Å². The lowest BCUT2D eigenvalue weighted by Gasteiger charge is -1.73. The molecule has 0 aliphatic rings. The highest BCUT2D eigenvalue weighted by molar-refractivity contribution is 8.16. The highest BCUT2D eigenvalue weighted by Gasteiger charge is 1.93. The predicted molar refractivity (Wildman–Crippen MR) is 32.0 cm³/mol. The van der Waals surface area contributed by atoms with Crippen LogP contribution in [0.2, 0.25) is 0 Å². The van der Waals surface area contributed by atoms with E-state index in [4.69, 9.17) is 0 Å². The van der Waals surface area contributed by atoms with E-state index in [1.54, 1.807) is 0 Å². The summed E-state index contributed by atoms with van der Waals surface area (Å²) in [4.78, 5) is 12.1. The van der Waals surface area contributed by atoms with Crippen LogP contribution in [0.4, 0.5) is 0 Å². The van der Waals surface area contributed by atoms with Gasteiger partial charge in [0.15, 0.2) is 0 Å². The summed E-state index contributed by atoms with van der Waals surface area (Å²) in [5.74, 6) is 0. The van der Waals surface area contributed by atoms with Crippen molar-refractivity contribution >= 4 is 25.8 Å².